The molecular weight excluding hydrogens is 342 g/mol. The molecule has 2 atom stereocenters. The van der Waals surface area contributed by atoms with Crippen molar-refractivity contribution in [3.05, 3.63) is 19.8 Å². The predicted octanol–water partition coefficient (Wildman–Crippen LogP) is 6.28. The summed E-state index contributed by atoms with van der Waals surface area (Å²) in [5.41, 5.74) is 0.338. The zero-order valence-corrected chi connectivity index (χ0v) is 15.7. The van der Waals surface area contributed by atoms with Crippen molar-refractivity contribution < 1.29 is 0 Å². The van der Waals surface area contributed by atoms with Gasteiger partial charge in [-0.05, 0) is 52.7 Å². The first-order valence-corrected chi connectivity index (χ1v) is 8.92. The summed E-state index contributed by atoms with van der Waals surface area (Å²) in [5.74, 6) is 0.654. The van der Waals surface area contributed by atoms with Crippen molar-refractivity contribution in [3.8, 4) is 0 Å². The van der Waals surface area contributed by atoms with Gasteiger partial charge in [-0.2, -0.15) is 0 Å². The number of hydrogen-bond acceptors (Lipinski definition) is 2. The fraction of sp³-hybridized carbons (Fsp3) is 0.733. The van der Waals surface area contributed by atoms with E-state index in [4.69, 9.17) is 11.6 Å². The highest BCUT2D eigenvalue weighted by atomic mass is 79.9. The molecule has 0 bridgehead atoms. The van der Waals surface area contributed by atoms with Gasteiger partial charge in [0.1, 0.15) is 0 Å². The predicted molar refractivity (Wildman–Crippen MR) is 91.3 cm³/mol. The fourth-order valence-electron chi connectivity index (χ4n) is 1.86. The highest BCUT2D eigenvalue weighted by Crippen LogP contribution is 2.39. The molecule has 4 heteroatoms. The first-order chi connectivity index (χ1) is 8.75. The van der Waals surface area contributed by atoms with E-state index >= 15 is 0 Å². The minimum absolute atomic E-state index is 0.338. The molecule has 1 nitrogen and oxygen atoms in total. The monoisotopic (exact) mass is 365 g/mol. The van der Waals surface area contributed by atoms with E-state index in [0.29, 0.717) is 17.4 Å². The van der Waals surface area contributed by atoms with Gasteiger partial charge < -0.3 is 5.32 Å². The number of thiophene rings is 1. The van der Waals surface area contributed by atoms with Crippen LogP contribution >= 0.6 is 38.9 Å². The zero-order chi connectivity index (χ0) is 14.6. The summed E-state index contributed by atoms with van der Waals surface area (Å²) < 4.78 is 1.04. The van der Waals surface area contributed by atoms with Crippen LogP contribution in [0.25, 0.3) is 0 Å². The number of halogens is 2. The van der Waals surface area contributed by atoms with Crippen LogP contribution in [0.4, 0.5) is 0 Å². The molecule has 1 rings (SSSR count). The van der Waals surface area contributed by atoms with Gasteiger partial charge >= 0.3 is 0 Å². The van der Waals surface area contributed by atoms with E-state index in [1.54, 1.807) is 11.3 Å². The molecule has 2 unspecified atom stereocenters. The van der Waals surface area contributed by atoms with Gasteiger partial charge in [0.25, 0.3) is 0 Å². The summed E-state index contributed by atoms with van der Waals surface area (Å²) in [4.78, 5) is 1.33. The van der Waals surface area contributed by atoms with Crippen LogP contribution in [-0.2, 0) is 0 Å². The van der Waals surface area contributed by atoms with Crippen molar-refractivity contribution in [1.29, 1.82) is 0 Å². The van der Waals surface area contributed by atoms with Gasteiger partial charge in [0.05, 0.1) is 8.81 Å². The van der Waals surface area contributed by atoms with Crippen LogP contribution in [0, 0.1) is 11.3 Å². The lowest BCUT2D eigenvalue weighted by atomic mass is 9.78. The average molecular weight is 367 g/mol. The van der Waals surface area contributed by atoms with Crippen molar-refractivity contribution in [3.63, 3.8) is 0 Å². The zero-order valence-electron chi connectivity index (χ0n) is 12.5. The largest absolute Gasteiger partial charge is 0.309 e. The SMILES string of the molecule is CCCNC(CC(C)C(C)(C)C)c1cc(Cl)c(Br)s1. The van der Waals surface area contributed by atoms with Crippen LogP contribution in [0.15, 0.2) is 9.85 Å². The Kier molecular flexibility index (Phi) is 6.85. The maximum absolute atomic E-state index is 6.17. The van der Waals surface area contributed by atoms with E-state index in [1.165, 1.54) is 4.88 Å². The van der Waals surface area contributed by atoms with Crippen molar-refractivity contribution in [1.82, 2.24) is 5.32 Å². The van der Waals surface area contributed by atoms with Crippen molar-refractivity contribution in [2.75, 3.05) is 6.54 Å². The Labute approximate surface area is 135 Å². The lowest BCUT2D eigenvalue weighted by molar-refractivity contribution is 0.224. The van der Waals surface area contributed by atoms with Crippen LogP contribution in [0.2, 0.25) is 5.02 Å². The Morgan fingerprint density at radius 1 is 1.42 bits per heavy atom. The van der Waals surface area contributed by atoms with E-state index in [1.807, 2.05) is 0 Å². The van der Waals surface area contributed by atoms with Crippen molar-refractivity contribution in [2.24, 2.45) is 11.3 Å². The summed E-state index contributed by atoms with van der Waals surface area (Å²) in [5, 5.41) is 4.49. The molecule has 1 aromatic heterocycles. The van der Waals surface area contributed by atoms with Gasteiger partial charge in [0.2, 0.25) is 0 Å². The molecule has 0 saturated heterocycles. The van der Waals surface area contributed by atoms with E-state index in [9.17, 15) is 0 Å². The second-order valence-electron chi connectivity index (χ2n) is 6.28. The third-order valence-electron chi connectivity index (χ3n) is 3.72. The molecule has 1 heterocycles. The minimum atomic E-state index is 0.338. The lowest BCUT2D eigenvalue weighted by Gasteiger charge is -2.31. The first-order valence-electron chi connectivity index (χ1n) is 6.93. The molecule has 0 spiro atoms. The standard InChI is InChI=1S/C15H25BrClNS/c1-6-7-18-12(8-10(2)15(3,4)5)13-9-11(17)14(16)19-13/h9-10,12,18H,6-8H2,1-5H3. The van der Waals surface area contributed by atoms with Gasteiger partial charge in [-0.15, -0.1) is 11.3 Å². The molecule has 110 valence electrons. The third-order valence-corrected chi connectivity index (χ3v) is 6.30. The molecule has 0 aliphatic heterocycles. The van der Waals surface area contributed by atoms with Crippen LogP contribution < -0.4 is 5.32 Å². The molecule has 0 aliphatic carbocycles. The smallest absolute Gasteiger partial charge is 0.0887 e. The molecule has 0 radical (unpaired) electrons. The number of rotatable bonds is 6. The van der Waals surface area contributed by atoms with Crippen molar-refractivity contribution in [2.45, 2.75) is 53.5 Å². The van der Waals surface area contributed by atoms with E-state index in [0.717, 1.165) is 28.2 Å². The third kappa shape index (κ3) is 5.37. The topological polar surface area (TPSA) is 12.0 Å². The quantitative estimate of drug-likeness (QED) is 0.625. The molecule has 0 saturated carbocycles. The fourth-order valence-corrected chi connectivity index (χ4v) is 3.70. The Hall–Kier alpha value is 0.430. The van der Waals surface area contributed by atoms with Crippen LogP contribution in [0.1, 0.15) is 58.4 Å². The molecule has 1 aromatic rings. The van der Waals surface area contributed by atoms with Crippen molar-refractivity contribution >= 4 is 38.9 Å². The van der Waals surface area contributed by atoms with Crippen LogP contribution in [0.5, 0.6) is 0 Å². The van der Waals surface area contributed by atoms with E-state index in [-0.39, 0.29) is 0 Å². The summed E-state index contributed by atoms with van der Waals surface area (Å²) in [6.45, 7) is 12.5. The van der Waals surface area contributed by atoms with Gasteiger partial charge in [-0.25, -0.2) is 0 Å². The second-order valence-corrected chi connectivity index (χ2v) is 9.09. The van der Waals surface area contributed by atoms with Gasteiger partial charge in [0, 0.05) is 10.9 Å². The van der Waals surface area contributed by atoms with Gasteiger partial charge in [-0.3, -0.25) is 0 Å². The van der Waals surface area contributed by atoms with E-state index in [2.05, 4.69) is 61.9 Å². The van der Waals surface area contributed by atoms with Gasteiger partial charge in [-0.1, -0.05) is 46.2 Å². The number of hydrogen-bond donors (Lipinski definition) is 1. The number of nitrogens with one attached hydrogen (secondary N) is 1. The maximum atomic E-state index is 6.17. The molecule has 0 aliphatic rings. The Bertz CT molecular complexity index is 378. The van der Waals surface area contributed by atoms with E-state index < -0.39 is 0 Å². The highest BCUT2D eigenvalue weighted by Gasteiger charge is 2.25. The summed E-state index contributed by atoms with van der Waals surface area (Å²) in [6.07, 6.45) is 2.30. The first kappa shape index (κ1) is 17.5. The summed E-state index contributed by atoms with van der Waals surface area (Å²) in [7, 11) is 0. The Balaban J connectivity index is 2.82. The van der Waals surface area contributed by atoms with Crippen LogP contribution in [-0.4, -0.2) is 6.54 Å². The average Bonchev–Trinajstić information content (AvgIpc) is 2.63. The van der Waals surface area contributed by atoms with Crippen LogP contribution in [0.3, 0.4) is 0 Å². The Morgan fingerprint density at radius 2 is 2.05 bits per heavy atom. The molecule has 0 aromatic carbocycles. The second kappa shape index (κ2) is 7.44. The summed E-state index contributed by atoms with van der Waals surface area (Å²) >= 11 is 11.4. The molecule has 0 fully saturated rings. The molecule has 19 heavy (non-hydrogen) atoms. The maximum Gasteiger partial charge on any atom is 0.0887 e. The lowest BCUT2D eigenvalue weighted by Crippen LogP contribution is -2.27. The summed E-state index contributed by atoms with van der Waals surface area (Å²) in [6, 6.07) is 2.50. The molecular formula is C15H25BrClNS. The normalized spacial score (nSPS) is 15.5. The molecule has 1 N–H and O–H groups in total. The van der Waals surface area contributed by atoms with Gasteiger partial charge in [0.15, 0.2) is 0 Å². The molecule has 0 amide bonds. The minimum Gasteiger partial charge on any atom is -0.309 e. The Morgan fingerprint density at radius 3 is 2.47 bits per heavy atom. The highest BCUT2D eigenvalue weighted by molar-refractivity contribution is 9.11.